The van der Waals surface area contributed by atoms with Gasteiger partial charge < -0.3 is 4.74 Å². The Kier molecular flexibility index (Phi) is 5.31. The Balaban J connectivity index is 1.47. The lowest BCUT2D eigenvalue weighted by molar-refractivity contribution is 0.104. The van der Waals surface area contributed by atoms with Crippen molar-refractivity contribution in [3.05, 3.63) is 64.3 Å². The Morgan fingerprint density at radius 3 is 2.70 bits per heavy atom. The van der Waals surface area contributed by atoms with Gasteiger partial charge in [-0.1, -0.05) is 42.4 Å². The van der Waals surface area contributed by atoms with Crippen LogP contribution in [0.1, 0.15) is 47.2 Å². The van der Waals surface area contributed by atoms with E-state index in [9.17, 15) is 4.79 Å². The van der Waals surface area contributed by atoms with Crippen molar-refractivity contribution >= 4 is 5.78 Å². The van der Waals surface area contributed by atoms with E-state index in [1.54, 1.807) is 7.11 Å². The summed E-state index contributed by atoms with van der Waals surface area (Å²) in [6.07, 6.45) is 14.6. The summed E-state index contributed by atoms with van der Waals surface area (Å²) >= 11 is 0. The molecule has 1 saturated heterocycles. The molecular formula is C24H29NO2. The largest absolute Gasteiger partial charge is 0.496 e. The van der Waals surface area contributed by atoms with Crippen LogP contribution in [0.4, 0.5) is 0 Å². The van der Waals surface area contributed by atoms with Crippen LogP contribution in [0, 0.1) is 12.8 Å². The zero-order chi connectivity index (χ0) is 18.8. The van der Waals surface area contributed by atoms with Gasteiger partial charge in [-0.2, -0.15) is 0 Å². The monoisotopic (exact) mass is 363 g/mol. The number of hydrogen-bond acceptors (Lipinski definition) is 3. The third-order valence-electron chi connectivity index (χ3n) is 6.13. The van der Waals surface area contributed by atoms with Gasteiger partial charge in [-0.15, -0.1) is 0 Å². The number of carbonyl (C=O) groups excluding carboxylic acids is 1. The fourth-order valence-corrected chi connectivity index (χ4v) is 4.61. The minimum atomic E-state index is 0.112. The third-order valence-corrected chi connectivity index (χ3v) is 6.13. The molecular weight excluding hydrogens is 334 g/mol. The summed E-state index contributed by atoms with van der Waals surface area (Å²) in [6, 6.07) is 3.92. The molecule has 3 aliphatic rings. The predicted molar refractivity (Wildman–Crippen MR) is 109 cm³/mol. The number of methoxy groups -OCH3 is 1. The number of hydrogen-bond donors (Lipinski definition) is 0. The van der Waals surface area contributed by atoms with Crippen molar-refractivity contribution in [2.45, 2.75) is 39.0 Å². The van der Waals surface area contributed by atoms with E-state index < -0.39 is 0 Å². The van der Waals surface area contributed by atoms with Crippen LogP contribution >= 0.6 is 0 Å². The van der Waals surface area contributed by atoms with Gasteiger partial charge in [0.15, 0.2) is 5.78 Å². The van der Waals surface area contributed by atoms with Gasteiger partial charge in [0.25, 0.3) is 0 Å². The molecule has 0 spiro atoms. The first kappa shape index (κ1) is 18.2. The lowest BCUT2D eigenvalue weighted by atomic mass is 9.80. The number of benzene rings is 1. The molecule has 1 aliphatic heterocycles. The fraction of sp³-hybridized carbons (Fsp3) is 0.458. The summed E-state index contributed by atoms with van der Waals surface area (Å²) < 4.78 is 5.61. The Bertz CT molecular complexity index is 825. The standard InChI is InChI=1S/C24H29NO2/c1-17-6-11-21-22(24(17)27-2)14-20(15-23(21)26)19-9-7-18(8-10-19)16-25-12-4-3-5-13-25/h6-9,11,15,19H,3-5,10,12-14,16H2,1-2H3. The van der Waals surface area contributed by atoms with Crippen molar-refractivity contribution in [2.24, 2.45) is 5.92 Å². The normalized spacial score (nSPS) is 22.9. The average molecular weight is 364 g/mol. The maximum absolute atomic E-state index is 12.7. The number of carbonyl (C=O) groups is 1. The van der Waals surface area contributed by atoms with Crippen LogP contribution in [0.15, 0.2) is 47.6 Å². The molecule has 3 nitrogen and oxygen atoms in total. The number of ether oxygens (including phenoxy) is 1. The summed E-state index contributed by atoms with van der Waals surface area (Å²) in [5.74, 6) is 1.30. The summed E-state index contributed by atoms with van der Waals surface area (Å²) in [5, 5.41) is 0. The average Bonchev–Trinajstić information content (AvgIpc) is 2.69. The molecule has 0 amide bonds. The first-order valence-electron chi connectivity index (χ1n) is 10.2. The number of fused-ring (bicyclic) bond motifs is 1. The van der Waals surface area contributed by atoms with Crippen molar-refractivity contribution < 1.29 is 9.53 Å². The van der Waals surface area contributed by atoms with E-state index in [4.69, 9.17) is 4.74 Å². The summed E-state index contributed by atoms with van der Waals surface area (Å²) in [6.45, 7) is 5.56. The molecule has 0 radical (unpaired) electrons. The van der Waals surface area contributed by atoms with E-state index in [0.717, 1.165) is 41.8 Å². The number of likely N-dealkylation sites (tertiary alicyclic amines) is 1. The topological polar surface area (TPSA) is 29.5 Å². The number of aryl methyl sites for hydroxylation is 1. The maximum Gasteiger partial charge on any atom is 0.186 e. The van der Waals surface area contributed by atoms with Crippen molar-refractivity contribution in [3.8, 4) is 5.75 Å². The minimum Gasteiger partial charge on any atom is -0.496 e. The van der Waals surface area contributed by atoms with Crippen molar-refractivity contribution in [2.75, 3.05) is 26.7 Å². The number of nitrogens with zero attached hydrogens (tertiary/aromatic N) is 1. The quantitative estimate of drug-likeness (QED) is 0.779. The predicted octanol–water partition coefficient (Wildman–Crippen LogP) is 4.66. The third kappa shape index (κ3) is 3.79. The van der Waals surface area contributed by atoms with Crippen molar-refractivity contribution in [1.29, 1.82) is 0 Å². The first-order chi connectivity index (χ1) is 13.2. The van der Waals surface area contributed by atoms with E-state index in [-0.39, 0.29) is 5.78 Å². The Morgan fingerprint density at radius 2 is 2.00 bits per heavy atom. The van der Waals surface area contributed by atoms with Gasteiger partial charge in [0, 0.05) is 23.6 Å². The zero-order valence-electron chi connectivity index (χ0n) is 16.5. The van der Waals surface area contributed by atoms with Crippen LogP contribution in [0.2, 0.25) is 0 Å². The molecule has 1 heterocycles. The SMILES string of the molecule is COc1c(C)ccc2c1CC(C1C=CC(CN3CCCCC3)=CC1)=CC2=O. The van der Waals surface area contributed by atoms with Gasteiger partial charge in [-0.05, 0) is 62.9 Å². The van der Waals surface area contributed by atoms with E-state index >= 15 is 0 Å². The molecule has 2 aliphatic carbocycles. The van der Waals surface area contributed by atoms with E-state index in [1.165, 1.54) is 43.5 Å². The second-order valence-electron chi connectivity index (χ2n) is 8.02. The van der Waals surface area contributed by atoms with Crippen LogP contribution in [-0.4, -0.2) is 37.4 Å². The lowest BCUT2D eigenvalue weighted by Gasteiger charge is -2.29. The van der Waals surface area contributed by atoms with Crippen molar-refractivity contribution in [3.63, 3.8) is 0 Å². The second-order valence-corrected chi connectivity index (χ2v) is 8.02. The molecule has 0 aromatic heterocycles. The number of piperidine rings is 1. The lowest BCUT2D eigenvalue weighted by Crippen LogP contribution is -2.31. The van der Waals surface area contributed by atoms with Gasteiger partial charge in [0.2, 0.25) is 0 Å². The summed E-state index contributed by atoms with van der Waals surface area (Å²) in [7, 11) is 1.70. The Morgan fingerprint density at radius 1 is 1.19 bits per heavy atom. The Hall–Kier alpha value is -2.13. The van der Waals surface area contributed by atoms with Crippen LogP contribution in [0.25, 0.3) is 0 Å². The number of allylic oxidation sites excluding steroid dienone is 4. The molecule has 1 aromatic carbocycles. The number of rotatable bonds is 4. The van der Waals surface area contributed by atoms with Gasteiger partial charge >= 0.3 is 0 Å². The first-order valence-corrected chi connectivity index (χ1v) is 10.2. The molecule has 142 valence electrons. The maximum atomic E-state index is 12.7. The van der Waals surface area contributed by atoms with Crippen LogP contribution in [0.3, 0.4) is 0 Å². The van der Waals surface area contributed by atoms with Crippen molar-refractivity contribution in [1.82, 2.24) is 4.90 Å². The molecule has 0 bridgehead atoms. The van der Waals surface area contributed by atoms with Crippen LogP contribution < -0.4 is 4.74 Å². The molecule has 1 unspecified atom stereocenters. The molecule has 4 rings (SSSR count). The zero-order valence-corrected chi connectivity index (χ0v) is 16.5. The van der Waals surface area contributed by atoms with Crippen LogP contribution in [0.5, 0.6) is 5.75 Å². The number of ketones is 1. The smallest absolute Gasteiger partial charge is 0.186 e. The van der Waals surface area contributed by atoms with Gasteiger partial charge in [-0.3, -0.25) is 9.69 Å². The van der Waals surface area contributed by atoms with Crippen LogP contribution in [-0.2, 0) is 6.42 Å². The second kappa shape index (κ2) is 7.85. The van der Waals surface area contributed by atoms with E-state index in [0.29, 0.717) is 5.92 Å². The molecule has 1 fully saturated rings. The molecule has 3 heteroatoms. The fourth-order valence-electron chi connectivity index (χ4n) is 4.61. The summed E-state index contributed by atoms with van der Waals surface area (Å²) in [5.41, 5.74) is 5.57. The highest BCUT2D eigenvalue weighted by Gasteiger charge is 2.26. The highest BCUT2D eigenvalue weighted by atomic mass is 16.5. The van der Waals surface area contributed by atoms with Gasteiger partial charge in [0.1, 0.15) is 5.75 Å². The molecule has 27 heavy (non-hydrogen) atoms. The molecule has 0 N–H and O–H groups in total. The molecule has 1 aromatic rings. The van der Waals surface area contributed by atoms with E-state index in [2.05, 4.69) is 23.1 Å². The van der Waals surface area contributed by atoms with Gasteiger partial charge in [-0.25, -0.2) is 0 Å². The van der Waals surface area contributed by atoms with E-state index in [1.807, 2.05) is 25.1 Å². The summed E-state index contributed by atoms with van der Waals surface area (Å²) in [4.78, 5) is 15.2. The highest BCUT2D eigenvalue weighted by Crippen LogP contribution is 2.36. The molecule has 0 saturated carbocycles. The Labute approximate surface area is 162 Å². The highest BCUT2D eigenvalue weighted by molar-refractivity contribution is 6.08. The minimum absolute atomic E-state index is 0.112. The molecule has 1 atom stereocenters. The van der Waals surface area contributed by atoms with Gasteiger partial charge in [0.05, 0.1) is 7.11 Å².